The predicted molar refractivity (Wildman–Crippen MR) is 74.1 cm³/mol. The average Bonchev–Trinajstić information content (AvgIpc) is 3.18. The van der Waals surface area contributed by atoms with Gasteiger partial charge in [-0.25, -0.2) is 0 Å². The summed E-state index contributed by atoms with van der Waals surface area (Å²) >= 11 is 0. The lowest BCUT2D eigenvalue weighted by molar-refractivity contribution is 0.685. The van der Waals surface area contributed by atoms with Crippen molar-refractivity contribution in [2.75, 3.05) is 43.2 Å². The molecule has 0 amide bonds. The first-order chi connectivity index (χ1) is 8.69. The number of rotatable bonds is 7. The third-order valence-electron chi connectivity index (χ3n) is 3.02. The van der Waals surface area contributed by atoms with Crippen molar-refractivity contribution in [1.29, 1.82) is 0 Å². The van der Waals surface area contributed by atoms with Gasteiger partial charge in [0.05, 0.1) is 0 Å². The molecule has 100 valence electrons. The van der Waals surface area contributed by atoms with E-state index < -0.39 is 0 Å². The minimum absolute atomic E-state index is 0.596. The van der Waals surface area contributed by atoms with Gasteiger partial charge >= 0.3 is 0 Å². The number of hydrogen-bond donors (Lipinski definition) is 2. The molecule has 6 heteroatoms. The van der Waals surface area contributed by atoms with Crippen molar-refractivity contribution < 1.29 is 0 Å². The van der Waals surface area contributed by atoms with E-state index in [2.05, 4.69) is 25.6 Å². The van der Waals surface area contributed by atoms with Crippen LogP contribution in [-0.4, -0.2) is 42.6 Å². The van der Waals surface area contributed by atoms with E-state index >= 15 is 0 Å². The Bertz CT molecular complexity index is 388. The minimum atomic E-state index is 0.596. The number of nitrogens with one attached hydrogen (secondary N) is 2. The fourth-order valence-corrected chi connectivity index (χ4v) is 1.75. The lowest BCUT2D eigenvalue weighted by atomic mass is 10.2. The second-order valence-corrected chi connectivity index (χ2v) is 4.94. The number of nitrogens with zero attached hydrogens (tertiary/aromatic N) is 4. The molecular weight excluding hydrogens is 228 g/mol. The zero-order valence-electron chi connectivity index (χ0n) is 11.4. The molecule has 0 aromatic carbocycles. The van der Waals surface area contributed by atoms with Crippen LogP contribution in [0.2, 0.25) is 0 Å². The molecule has 0 atom stereocenters. The predicted octanol–water partition coefficient (Wildman–Crippen LogP) is 1.58. The monoisotopic (exact) mass is 250 g/mol. The Kier molecular flexibility index (Phi) is 4.17. The second-order valence-electron chi connectivity index (χ2n) is 4.94. The van der Waals surface area contributed by atoms with Gasteiger partial charge in [0.1, 0.15) is 0 Å². The van der Waals surface area contributed by atoms with Crippen LogP contribution >= 0.6 is 0 Å². The van der Waals surface area contributed by atoms with Crippen molar-refractivity contribution in [3.8, 4) is 0 Å². The maximum absolute atomic E-state index is 4.37. The maximum Gasteiger partial charge on any atom is 0.231 e. The Hall–Kier alpha value is -1.59. The summed E-state index contributed by atoms with van der Waals surface area (Å²) in [6.45, 7) is 0.927. The first-order valence-corrected chi connectivity index (χ1v) is 6.54. The Morgan fingerprint density at radius 2 is 1.89 bits per heavy atom. The van der Waals surface area contributed by atoms with E-state index in [1.165, 1.54) is 25.7 Å². The SMILES string of the molecule is CNc1nc(NCCCC2CC2)nc(N(C)C)n1. The van der Waals surface area contributed by atoms with Crippen LogP contribution in [0.3, 0.4) is 0 Å². The van der Waals surface area contributed by atoms with E-state index in [4.69, 9.17) is 0 Å². The van der Waals surface area contributed by atoms with Gasteiger partial charge in [0.2, 0.25) is 17.8 Å². The van der Waals surface area contributed by atoms with Crippen LogP contribution in [-0.2, 0) is 0 Å². The van der Waals surface area contributed by atoms with Crippen LogP contribution in [0.15, 0.2) is 0 Å². The Balaban J connectivity index is 1.90. The smallest absolute Gasteiger partial charge is 0.231 e. The number of hydrogen-bond acceptors (Lipinski definition) is 6. The van der Waals surface area contributed by atoms with Gasteiger partial charge in [-0.3, -0.25) is 0 Å². The Labute approximate surface area is 108 Å². The van der Waals surface area contributed by atoms with Gasteiger partial charge in [-0.1, -0.05) is 12.8 Å². The minimum Gasteiger partial charge on any atom is -0.357 e. The molecule has 1 fully saturated rings. The van der Waals surface area contributed by atoms with Gasteiger partial charge in [0, 0.05) is 27.7 Å². The van der Waals surface area contributed by atoms with Crippen molar-refractivity contribution in [2.24, 2.45) is 5.92 Å². The first-order valence-electron chi connectivity index (χ1n) is 6.54. The highest BCUT2D eigenvalue weighted by Gasteiger charge is 2.20. The normalized spacial score (nSPS) is 14.4. The third-order valence-corrected chi connectivity index (χ3v) is 3.02. The maximum atomic E-state index is 4.37. The van der Waals surface area contributed by atoms with Crippen LogP contribution in [0.5, 0.6) is 0 Å². The van der Waals surface area contributed by atoms with Crippen molar-refractivity contribution in [1.82, 2.24) is 15.0 Å². The molecule has 0 saturated heterocycles. The average molecular weight is 250 g/mol. The standard InChI is InChI=1S/C12H22N6/c1-13-10-15-11(17-12(16-10)18(2)3)14-8-4-5-9-6-7-9/h9H,4-8H2,1-3H3,(H2,13,14,15,16,17). The fourth-order valence-electron chi connectivity index (χ4n) is 1.75. The Morgan fingerprint density at radius 3 is 2.50 bits per heavy atom. The van der Waals surface area contributed by atoms with Gasteiger partial charge < -0.3 is 15.5 Å². The van der Waals surface area contributed by atoms with E-state index in [0.29, 0.717) is 17.8 Å². The van der Waals surface area contributed by atoms with Crippen LogP contribution in [0.25, 0.3) is 0 Å². The lowest BCUT2D eigenvalue weighted by Gasteiger charge is -2.13. The van der Waals surface area contributed by atoms with Gasteiger partial charge in [0.15, 0.2) is 0 Å². The summed E-state index contributed by atoms with van der Waals surface area (Å²) in [7, 11) is 5.66. The van der Waals surface area contributed by atoms with Crippen LogP contribution in [0.1, 0.15) is 25.7 Å². The highest BCUT2D eigenvalue weighted by atomic mass is 15.3. The molecule has 18 heavy (non-hydrogen) atoms. The van der Waals surface area contributed by atoms with E-state index in [9.17, 15) is 0 Å². The van der Waals surface area contributed by atoms with Gasteiger partial charge in [0.25, 0.3) is 0 Å². The molecule has 0 spiro atoms. The fraction of sp³-hybridized carbons (Fsp3) is 0.750. The molecule has 1 heterocycles. The molecule has 2 rings (SSSR count). The summed E-state index contributed by atoms with van der Waals surface area (Å²) in [5.41, 5.74) is 0. The summed E-state index contributed by atoms with van der Waals surface area (Å²) in [4.78, 5) is 14.8. The summed E-state index contributed by atoms with van der Waals surface area (Å²) in [6.07, 6.45) is 5.33. The van der Waals surface area contributed by atoms with Crippen molar-refractivity contribution >= 4 is 17.8 Å². The zero-order valence-corrected chi connectivity index (χ0v) is 11.4. The van der Waals surface area contributed by atoms with E-state index in [-0.39, 0.29) is 0 Å². The van der Waals surface area contributed by atoms with Crippen LogP contribution < -0.4 is 15.5 Å². The van der Waals surface area contributed by atoms with Gasteiger partial charge in [-0.05, 0) is 18.8 Å². The van der Waals surface area contributed by atoms with E-state index in [1.807, 2.05) is 26.0 Å². The quantitative estimate of drug-likeness (QED) is 0.716. The number of aromatic nitrogens is 3. The van der Waals surface area contributed by atoms with E-state index in [0.717, 1.165) is 12.5 Å². The van der Waals surface area contributed by atoms with Gasteiger partial charge in [-0.2, -0.15) is 15.0 Å². The second kappa shape index (κ2) is 5.84. The summed E-state index contributed by atoms with van der Waals surface area (Å²) in [5, 5.41) is 6.22. The topological polar surface area (TPSA) is 66.0 Å². The molecule has 0 radical (unpaired) electrons. The molecule has 0 aliphatic heterocycles. The molecule has 0 bridgehead atoms. The molecule has 1 saturated carbocycles. The Morgan fingerprint density at radius 1 is 1.17 bits per heavy atom. The molecule has 6 nitrogen and oxygen atoms in total. The summed E-state index contributed by atoms with van der Waals surface area (Å²) in [5.74, 6) is 2.89. The van der Waals surface area contributed by atoms with Crippen LogP contribution in [0, 0.1) is 5.92 Å². The van der Waals surface area contributed by atoms with Crippen molar-refractivity contribution in [3.05, 3.63) is 0 Å². The molecule has 1 aromatic heterocycles. The first kappa shape index (κ1) is 12.9. The van der Waals surface area contributed by atoms with Gasteiger partial charge in [-0.15, -0.1) is 0 Å². The lowest BCUT2D eigenvalue weighted by Crippen LogP contribution is -2.16. The molecular formula is C12H22N6. The zero-order chi connectivity index (χ0) is 13.0. The largest absolute Gasteiger partial charge is 0.357 e. The summed E-state index contributed by atoms with van der Waals surface area (Å²) < 4.78 is 0. The summed E-state index contributed by atoms with van der Waals surface area (Å²) in [6, 6.07) is 0. The molecule has 1 aromatic rings. The van der Waals surface area contributed by atoms with Crippen LogP contribution in [0.4, 0.5) is 17.8 Å². The molecule has 1 aliphatic rings. The van der Waals surface area contributed by atoms with Crippen molar-refractivity contribution in [3.63, 3.8) is 0 Å². The third kappa shape index (κ3) is 3.72. The van der Waals surface area contributed by atoms with E-state index in [1.54, 1.807) is 0 Å². The van der Waals surface area contributed by atoms with Crippen molar-refractivity contribution in [2.45, 2.75) is 25.7 Å². The molecule has 0 unspecified atom stereocenters. The highest BCUT2D eigenvalue weighted by molar-refractivity contribution is 5.42. The highest BCUT2D eigenvalue weighted by Crippen LogP contribution is 2.33. The number of anilines is 3. The molecule has 2 N–H and O–H groups in total. The molecule has 1 aliphatic carbocycles.